The fraction of sp³-hybridized carbons (Fsp3) is 0.364. The Balaban J connectivity index is 1.45. The summed E-state index contributed by atoms with van der Waals surface area (Å²) in [5.41, 5.74) is 3.56. The molecule has 4 rings (SSSR count). The molecule has 5 nitrogen and oxygen atoms in total. The first kappa shape index (κ1) is 20.8. The molecule has 2 heterocycles. The number of aromatic nitrogens is 2. The van der Waals surface area contributed by atoms with Crippen LogP contribution in [0.15, 0.2) is 53.7 Å². The van der Waals surface area contributed by atoms with Gasteiger partial charge >= 0.3 is 0 Å². The number of fused-ring (bicyclic) bond motifs is 1. The lowest BCUT2D eigenvalue weighted by Crippen LogP contribution is -2.28. The smallest absolute Gasteiger partial charge is 0.291 e. The summed E-state index contributed by atoms with van der Waals surface area (Å²) in [7, 11) is 0. The number of carbonyl (C=O) groups is 1. The summed E-state index contributed by atoms with van der Waals surface area (Å²) in [5.74, 6) is -2.83. The Morgan fingerprint density at radius 2 is 1.77 bits per heavy atom. The van der Waals surface area contributed by atoms with Crippen LogP contribution in [0, 0.1) is 0 Å². The average Bonchev–Trinajstić information content (AvgIpc) is 3.35. The summed E-state index contributed by atoms with van der Waals surface area (Å²) in [6, 6.07) is 15.3. The zero-order valence-corrected chi connectivity index (χ0v) is 17.4. The van der Waals surface area contributed by atoms with Gasteiger partial charge in [-0.1, -0.05) is 36.4 Å². The van der Waals surface area contributed by atoms with Crippen molar-refractivity contribution in [2.24, 2.45) is 0 Å². The van der Waals surface area contributed by atoms with Crippen molar-refractivity contribution in [3.05, 3.63) is 59.7 Å². The van der Waals surface area contributed by atoms with Crippen LogP contribution >= 0.6 is 11.8 Å². The number of nitrogens with one attached hydrogen (secondary N) is 1. The lowest BCUT2D eigenvalue weighted by molar-refractivity contribution is -0.121. The van der Waals surface area contributed by atoms with E-state index < -0.39 is 5.76 Å². The van der Waals surface area contributed by atoms with Gasteiger partial charge in [0.25, 0.3) is 5.76 Å². The van der Waals surface area contributed by atoms with Gasteiger partial charge in [-0.15, -0.1) is 0 Å². The van der Waals surface area contributed by atoms with E-state index in [4.69, 9.17) is 0 Å². The van der Waals surface area contributed by atoms with E-state index in [1.807, 2.05) is 24.3 Å². The number of benzene rings is 2. The van der Waals surface area contributed by atoms with Gasteiger partial charge in [-0.25, -0.2) is 4.98 Å². The van der Waals surface area contributed by atoms with Crippen LogP contribution in [0.2, 0.25) is 0 Å². The molecular formula is C22H24F2N4OS. The number of hydrogen-bond donors (Lipinski definition) is 1. The van der Waals surface area contributed by atoms with Gasteiger partial charge in [0.2, 0.25) is 5.91 Å². The molecule has 0 saturated carbocycles. The number of alkyl halides is 2. The first-order valence-electron chi connectivity index (χ1n) is 10.1. The SMILES string of the molecule is O=C(Cn1c(SC(F)F)nc2ccccc21)NCc1ccccc1CN1CCCC1. The molecule has 1 aliphatic heterocycles. The fourth-order valence-corrected chi connectivity index (χ4v) is 4.44. The number of nitrogens with zero attached hydrogens (tertiary/aromatic N) is 3. The van der Waals surface area contributed by atoms with E-state index in [2.05, 4.69) is 21.3 Å². The zero-order valence-electron chi connectivity index (χ0n) is 16.6. The lowest BCUT2D eigenvalue weighted by atomic mass is 10.1. The number of likely N-dealkylation sites (tertiary alicyclic amines) is 1. The van der Waals surface area contributed by atoms with Gasteiger partial charge < -0.3 is 9.88 Å². The number of rotatable bonds is 8. The maximum Gasteiger partial charge on any atom is 0.291 e. The van der Waals surface area contributed by atoms with Crippen molar-refractivity contribution >= 4 is 28.7 Å². The van der Waals surface area contributed by atoms with Crippen LogP contribution in [0.25, 0.3) is 11.0 Å². The Kier molecular flexibility index (Phi) is 6.64. The minimum atomic E-state index is -2.60. The zero-order chi connectivity index (χ0) is 20.9. The van der Waals surface area contributed by atoms with E-state index >= 15 is 0 Å². The molecule has 1 aromatic heterocycles. The van der Waals surface area contributed by atoms with Gasteiger partial charge in [0, 0.05) is 13.1 Å². The van der Waals surface area contributed by atoms with Crippen molar-refractivity contribution < 1.29 is 13.6 Å². The Morgan fingerprint density at radius 1 is 1.07 bits per heavy atom. The largest absolute Gasteiger partial charge is 0.350 e. The highest BCUT2D eigenvalue weighted by atomic mass is 32.2. The monoisotopic (exact) mass is 430 g/mol. The van der Waals surface area contributed by atoms with Gasteiger partial charge in [0.15, 0.2) is 5.16 Å². The van der Waals surface area contributed by atoms with Crippen molar-refractivity contribution in [2.45, 2.75) is 43.4 Å². The standard InChI is InChI=1S/C22H24F2N4OS/c23-21(24)30-22-26-18-9-3-4-10-19(18)28(22)15-20(29)25-13-16-7-1-2-8-17(16)14-27-11-5-6-12-27/h1-4,7-10,21H,5-6,11-15H2,(H,25,29). The van der Waals surface area contributed by atoms with Crippen molar-refractivity contribution in [1.29, 1.82) is 0 Å². The number of carbonyl (C=O) groups excluding carboxylic acids is 1. The molecule has 0 unspecified atom stereocenters. The quantitative estimate of drug-likeness (QED) is 0.543. The second-order valence-corrected chi connectivity index (χ2v) is 8.33. The van der Waals surface area contributed by atoms with Crippen LogP contribution in [0.5, 0.6) is 0 Å². The molecule has 1 amide bonds. The molecule has 0 atom stereocenters. The van der Waals surface area contributed by atoms with Crippen LogP contribution in [0.1, 0.15) is 24.0 Å². The topological polar surface area (TPSA) is 50.2 Å². The third-order valence-electron chi connectivity index (χ3n) is 5.30. The molecule has 0 radical (unpaired) electrons. The van der Waals surface area contributed by atoms with Crippen LogP contribution in [0.4, 0.5) is 8.78 Å². The Labute approximate surface area is 178 Å². The lowest BCUT2D eigenvalue weighted by Gasteiger charge is -2.18. The molecule has 3 aromatic rings. The number of para-hydroxylation sites is 2. The van der Waals surface area contributed by atoms with Gasteiger partial charge in [0.05, 0.1) is 11.0 Å². The first-order chi connectivity index (χ1) is 14.6. The van der Waals surface area contributed by atoms with E-state index in [0.29, 0.717) is 29.3 Å². The van der Waals surface area contributed by atoms with E-state index in [0.717, 1.165) is 25.2 Å². The summed E-state index contributed by atoms with van der Waals surface area (Å²) in [5, 5.41) is 3.09. The maximum absolute atomic E-state index is 13.0. The molecule has 1 fully saturated rings. The molecule has 1 N–H and O–H groups in total. The van der Waals surface area contributed by atoms with Gasteiger partial charge in [-0.2, -0.15) is 8.78 Å². The van der Waals surface area contributed by atoms with E-state index in [9.17, 15) is 13.6 Å². The van der Waals surface area contributed by atoms with Crippen LogP contribution in [0.3, 0.4) is 0 Å². The molecule has 158 valence electrons. The molecule has 0 bridgehead atoms. The second-order valence-electron chi connectivity index (χ2n) is 7.38. The Hall–Kier alpha value is -2.45. The second kappa shape index (κ2) is 9.57. The van der Waals surface area contributed by atoms with Crippen molar-refractivity contribution in [2.75, 3.05) is 13.1 Å². The third kappa shape index (κ3) is 4.99. The molecule has 2 aromatic carbocycles. The Bertz CT molecular complexity index is 1020. The maximum atomic E-state index is 13.0. The number of thioether (sulfide) groups is 1. The molecule has 30 heavy (non-hydrogen) atoms. The number of amides is 1. The molecule has 0 aliphatic carbocycles. The highest BCUT2D eigenvalue weighted by Crippen LogP contribution is 2.28. The molecule has 1 aliphatic rings. The number of imidazole rings is 1. The van der Waals surface area contributed by atoms with Gasteiger partial charge in [0.1, 0.15) is 6.54 Å². The fourth-order valence-electron chi connectivity index (χ4n) is 3.84. The first-order valence-corrected chi connectivity index (χ1v) is 10.9. The average molecular weight is 431 g/mol. The minimum Gasteiger partial charge on any atom is -0.350 e. The van der Waals surface area contributed by atoms with Crippen molar-refractivity contribution in [3.63, 3.8) is 0 Å². The minimum absolute atomic E-state index is 0.0517. The summed E-state index contributed by atoms with van der Waals surface area (Å²) in [6.07, 6.45) is 2.47. The molecule has 8 heteroatoms. The van der Waals surface area contributed by atoms with Gasteiger partial charge in [-0.3, -0.25) is 9.69 Å². The van der Waals surface area contributed by atoms with E-state index in [1.165, 1.54) is 18.4 Å². The van der Waals surface area contributed by atoms with Crippen molar-refractivity contribution in [3.8, 4) is 0 Å². The predicted octanol–water partition coefficient (Wildman–Crippen LogP) is 4.26. The van der Waals surface area contributed by atoms with E-state index in [1.54, 1.807) is 22.8 Å². The molecule has 1 saturated heterocycles. The van der Waals surface area contributed by atoms with Crippen molar-refractivity contribution in [1.82, 2.24) is 19.8 Å². The number of hydrogen-bond acceptors (Lipinski definition) is 4. The van der Waals surface area contributed by atoms with Crippen LogP contribution in [-0.2, 0) is 24.4 Å². The molecular weight excluding hydrogens is 406 g/mol. The van der Waals surface area contributed by atoms with E-state index in [-0.39, 0.29) is 17.6 Å². The predicted molar refractivity (Wildman–Crippen MR) is 114 cm³/mol. The highest BCUT2D eigenvalue weighted by molar-refractivity contribution is 7.99. The van der Waals surface area contributed by atoms with Gasteiger partial charge in [-0.05, 0) is 61.0 Å². The van der Waals surface area contributed by atoms with Crippen LogP contribution in [-0.4, -0.2) is 39.2 Å². The Morgan fingerprint density at radius 3 is 2.53 bits per heavy atom. The summed E-state index contributed by atoms with van der Waals surface area (Å²) >= 11 is 0.360. The van der Waals surface area contributed by atoms with Crippen LogP contribution < -0.4 is 5.32 Å². The summed E-state index contributed by atoms with van der Waals surface area (Å²) in [6.45, 7) is 3.46. The summed E-state index contributed by atoms with van der Waals surface area (Å²) < 4.78 is 27.5. The highest BCUT2D eigenvalue weighted by Gasteiger charge is 2.18. The molecule has 0 spiro atoms. The normalized spacial score (nSPS) is 14.6. The number of halogens is 2. The third-order valence-corrected chi connectivity index (χ3v) is 6.00. The summed E-state index contributed by atoms with van der Waals surface area (Å²) in [4.78, 5) is 19.3.